The Balaban J connectivity index is 2.01. The molecule has 2 atom stereocenters. The van der Waals surface area contributed by atoms with Crippen LogP contribution in [0.25, 0.3) is 0 Å². The number of urea groups is 1. The number of carbonyl (C=O) groups is 3. The summed E-state index contributed by atoms with van der Waals surface area (Å²) in [4.78, 5) is 39.1. The van der Waals surface area contributed by atoms with Crippen LogP contribution in [0.4, 0.5) is 4.79 Å². The van der Waals surface area contributed by atoms with Crippen molar-refractivity contribution in [2.75, 3.05) is 6.54 Å². The molecule has 2 rings (SSSR count). The Hall–Kier alpha value is -2.37. The highest BCUT2D eigenvalue weighted by molar-refractivity contribution is 6.09. The Morgan fingerprint density at radius 1 is 1.11 bits per heavy atom. The summed E-state index contributed by atoms with van der Waals surface area (Å²) in [7, 11) is 0. The van der Waals surface area contributed by atoms with Gasteiger partial charge in [0, 0.05) is 6.04 Å². The molecule has 2 N–H and O–H groups in total. The third kappa shape index (κ3) is 5.12. The van der Waals surface area contributed by atoms with E-state index in [4.69, 9.17) is 0 Å². The largest absolute Gasteiger partial charge is 0.352 e. The van der Waals surface area contributed by atoms with E-state index in [-0.39, 0.29) is 24.4 Å². The van der Waals surface area contributed by atoms with E-state index >= 15 is 0 Å². The van der Waals surface area contributed by atoms with Crippen molar-refractivity contribution in [3.8, 4) is 0 Å². The molecule has 28 heavy (non-hydrogen) atoms. The maximum absolute atomic E-state index is 13.2. The van der Waals surface area contributed by atoms with Crippen molar-refractivity contribution >= 4 is 17.8 Å². The fraction of sp³-hybridized carbons (Fsp3) is 0.591. The van der Waals surface area contributed by atoms with Gasteiger partial charge in [0.2, 0.25) is 5.91 Å². The quantitative estimate of drug-likeness (QED) is 0.449. The highest BCUT2D eigenvalue weighted by Crippen LogP contribution is 2.33. The Morgan fingerprint density at radius 2 is 1.82 bits per heavy atom. The molecule has 6 nitrogen and oxygen atoms in total. The van der Waals surface area contributed by atoms with Crippen molar-refractivity contribution < 1.29 is 14.4 Å². The number of unbranched alkanes of at least 4 members (excludes halogenated alkanes) is 3. The Morgan fingerprint density at radius 3 is 2.46 bits per heavy atom. The molecule has 0 aromatic heterocycles. The SMILES string of the molecule is CCCCCC[C@H](C)NC(=O)CN1C(=O)N[C@](CCC)(c2ccccc2)C1=O. The molecule has 0 aliphatic carbocycles. The van der Waals surface area contributed by atoms with Gasteiger partial charge in [-0.25, -0.2) is 4.79 Å². The summed E-state index contributed by atoms with van der Waals surface area (Å²) in [6, 6.07) is 8.78. The molecule has 154 valence electrons. The highest BCUT2D eigenvalue weighted by atomic mass is 16.2. The first-order valence-corrected chi connectivity index (χ1v) is 10.4. The normalized spacial score (nSPS) is 20.2. The number of imide groups is 1. The van der Waals surface area contributed by atoms with Crippen molar-refractivity contribution in [1.82, 2.24) is 15.5 Å². The van der Waals surface area contributed by atoms with Crippen LogP contribution >= 0.6 is 0 Å². The first-order valence-electron chi connectivity index (χ1n) is 10.4. The van der Waals surface area contributed by atoms with Crippen molar-refractivity contribution in [2.45, 2.75) is 77.3 Å². The monoisotopic (exact) mass is 387 g/mol. The fourth-order valence-electron chi connectivity index (χ4n) is 3.79. The molecule has 0 unspecified atom stereocenters. The van der Waals surface area contributed by atoms with E-state index < -0.39 is 11.6 Å². The molecule has 1 aromatic rings. The molecule has 0 spiro atoms. The van der Waals surface area contributed by atoms with E-state index in [0.29, 0.717) is 6.42 Å². The van der Waals surface area contributed by atoms with Crippen LogP contribution in [-0.4, -0.2) is 35.3 Å². The van der Waals surface area contributed by atoms with Crippen LogP contribution < -0.4 is 10.6 Å². The van der Waals surface area contributed by atoms with Gasteiger partial charge in [0.1, 0.15) is 12.1 Å². The maximum Gasteiger partial charge on any atom is 0.325 e. The lowest BCUT2D eigenvalue weighted by Gasteiger charge is -2.27. The van der Waals surface area contributed by atoms with Crippen molar-refractivity contribution in [2.24, 2.45) is 0 Å². The lowest BCUT2D eigenvalue weighted by molar-refractivity contribution is -0.135. The Bertz CT molecular complexity index is 677. The molecule has 6 heteroatoms. The number of hydrogen-bond donors (Lipinski definition) is 2. The van der Waals surface area contributed by atoms with Crippen LogP contribution in [0.3, 0.4) is 0 Å². The highest BCUT2D eigenvalue weighted by Gasteiger charge is 2.52. The number of benzene rings is 1. The zero-order valence-electron chi connectivity index (χ0n) is 17.3. The van der Waals surface area contributed by atoms with Gasteiger partial charge in [-0.1, -0.05) is 76.3 Å². The van der Waals surface area contributed by atoms with E-state index in [1.165, 1.54) is 12.8 Å². The minimum absolute atomic E-state index is 0.0274. The molecular formula is C22H33N3O3. The predicted octanol–water partition coefficient (Wildman–Crippen LogP) is 3.71. The number of nitrogens with zero attached hydrogens (tertiary/aromatic N) is 1. The average Bonchev–Trinajstić information content (AvgIpc) is 2.91. The van der Waals surface area contributed by atoms with Gasteiger partial charge in [0.25, 0.3) is 5.91 Å². The number of amides is 4. The first kappa shape index (κ1) is 21.9. The van der Waals surface area contributed by atoms with Gasteiger partial charge < -0.3 is 10.6 Å². The number of carbonyl (C=O) groups excluding carboxylic acids is 3. The zero-order valence-corrected chi connectivity index (χ0v) is 17.3. The van der Waals surface area contributed by atoms with Crippen LogP contribution in [0.1, 0.15) is 71.3 Å². The standard InChI is InChI=1S/C22H33N3O3/c1-4-6-7-9-12-17(3)23-19(26)16-25-20(27)22(15-5-2,24-21(25)28)18-13-10-8-11-14-18/h8,10-11,13-14,17H,4-7,9,12,15-16H2,1-3H3,(H,23,26)(H,24,28)/t17-,22+/m0/s1. The van der Waals surface area contributed by atoms with Crippen LogP contribution in [0, 0.1) is 0 Å². The fourth-order valence-corrected chi connectivity index (χ4v) is 3.79. The first-order chi connectivity index (χ1) is 13.4. The molecule has 1 aliphatic heterocycles. The summed E-state index contributed by atoms with van der Waals surface area (Å²) in [5.41, 5.74) is -0.332. The second kappa shape index (κ2) is 10.2. The Kier molecular flexibility index (Phi) is 8.03. The summed E-state index contributed by atoms with van der Waals surface area (Å²) in [6.45, 7) is 5.85. The molecule has 1 aromatic carbocycles. The number of hydrogen-bond acceptors (Lipinski definition) is 3. The zero-order chi connectivity index (χ0) is 20.6. The summed E-state index contributed by atoms with van der Waals surface area (Å²) >= 11 is 0. The van der Waals surface area contributed by atoms with Crippen molar-refractivity contribution in [3.63, 3.8) is 0 Å². The molecule has 0 saturated carbocycles. The van der Waals surface area contributed by atoms with E-state index in [2.05, 4.69) is 17.6 Å². The molecule has 1 aliphatic rings. The predicted molar refractivity (Wildman–Crippen MR) is 110 cm³/mol. The van der Waals surface area contributed by atoms with Gasteiger partial charge in [-0.05, 0) is 25.3 Å². The van der Waals surface area contributed by atoms with Crippen molar-refractivity contribution in [3.05, 3.63) is 35.9 Å². The van der Waals surface area contributed by atoms with Crippen molar-refractivity contribution in [1.29, 1.82) is 0 Å². The van der Waals surface area contributed by atoms with Gasteiger partial charge in [0.15, 0.2) is 0 Å². The lowest BCUT2D eigenvalue weighted by atomic mass is 9.85. The average molecular weight is 388 g/mol. The molecule has 0 radical (unpaired) electrons. The van der Waals surface area contributed by atoms with Crippen LogP contribution in [0.5, 0.6) is 0 Å². The molecule has 1 fully saturated rings. The summed E-state index contributed by atoms with van der Waals surface area (Å²) in [5.74, 6) is -0.650. The van der Waals surface area contributed by atoms with Gasteiger partial charge in [-0.15, -0.1) is 0 Å². The van der Waals surface area contributed by atoms with Gasteiger partial charge in [-0.2, -0.15) is 0 Å². The lowest BCUT2D eigenvalue weighted by Crippen LogP contribution is -2.46. The minimum Gasteiger partial charge on any atom is -0.352 e. The number of rotatable bonds is 11. The number of nitrogens with one attached hydrogen (secondary N) is 2. The van der Waals surface area contributed by atoms with Gasteiger partial charge in [-0.3, -0.25) is 14.5 Å². The van der Waals surface area contributed by atoms with Gasteiger partial charge in [0.05, 0.1) is 0 Å². The minimum atomic E-state index is -1.08. The van der Waals surface area contributed by atoms with Crippen LogP contribution in [0.15, 0.2) is 30.3 Å². The summed E-state index contributed by atoms with van der Waals surface area (Å²) in [5, 5.41) is 5.76. The van der Waals surface area contributed by atoms with E-state index in [1.807, 2.05) is 44.2 Å². The third-order valence-electron chi connectivity index (χ3n) is 5.27. The maximum atomic E-state index is 13.2. The third-order valence-corrected chi connectivity index (χ3v) is 5.27. The second-order valence-electron chi connectivity index (χ2n) is 7.66. The van der Waals surface area contributed by atoms with Crippen LogP contribution in [0.2, 0.25) is 0 Å². The van der Waals surface area contributed by atoms with E-state index in [0.717, 1.165) is 36.1 Å². The molecule has 4 amide bonds. The second-order valence-corrected chi connectivity index (χ2v) is 7.66. The molecule has 1 heterocycles. The Labute approximate surface area is 168 Å². The van der Waals surface area contributed by atoms with Crippen LogP contribution in [-0.2, 0) is 15.1 Å². The van der Waals surface area contributed by atoms with Gasteiger partial charge >= 0.3 is 6.03 Å². The molecular weight excluding hydrogens is 354 g/mol. The summed E-state index contributed by atoms with van der Waals surface area (Å²) < 4.78 is 0. The van der Waals surface area contributed by atoms with E-state index in [9.17, 15) is 14.4 Å². The summed E-state index contributed by atoms with van der Waals surface area (Å²) in [6.07, 6.45) is 6.71. The molecule has 0 bridgehead atoms. The van der Waals surface area contributed by atoms with E-state index in [1.54, 1.807) is 0 Å². The topological polar surface area (TPSA) is 78.5 Å². The smallest absolute Gasteiger partial charge is 0.325 e. The molecule has 1 saturated heterocycles.